The average Bonchev–Trinajstić information content (AvgIpc) is 2.57. The summed E-state index contributed by atoms with van der Waals surface area (Å²) >= 11 is 1.84. The van der Waals surface area contributed by atoms with Crippen molar-refractivity contribution in [2.75, 3.05) is 38.7 Å². The van der Waals surface area contributed by atoms with Gasteiger partial charge in [-0.25, -0.2) is 0 Å². The summed E-state index contributed by atoms with van der Waals surface area (Å²) in [5.41, 5.74) is 3.06. The Morgan fingerprint density at radius 2 is 2.00 bits per heavy atom. The van der Waals surface area contributed by atoms with Gasteiger partial charge in [-0.2, -0.15) is 11.8 Å². The van der Waals surface area contributed by atoms with Crippen molar-refractivity contribution in [2.24, 2.45) is 4.99 Å². The van der Waals surface area contributed by atoms with Crippen LogP contribution in [-0.2, 0) is 13.0 Å². The van der Waals surface area contributed by atoms with Crippen LogP contribution in [0.2, 0.25) is 0 Å². The largest absolute Gasteiger partial charge is 0.356 e. The molecule has 1 aliphatic rings. The zero-order valence-electron chi connectivity index (χ0n) is 14.9. The summed E-state index contributed by atoms with van der Waals surface area (Å²) in [6.07, 6.45) is 3.26. The van der Waals surface area contributed by atoms with Gasteiger partial charge in [0.25, 0.3) is 0 Å². The Labute approximate surface area is 145 Å². The Bertz CT molecular complexity index is 528. The molecule has 0 saturated heterocycles. The maximum atomic E-state index is 4.31. The van der Waals surface area contributed by atoms with Gasteiger partial charge in [-0.05, 0) is 37.7 Å². The molecule has 23 heavy (non-hydrogen) atoms. The first kappa shape index (κ1) is 18.1. The van der Waals surface area contributed by atoms with Crippen molar-refractivity contribution in [3.05, 3.63) is 35.4 Å². The smallest absolute Gasteiger partial charge is 0.191 e. The number of hydrogen-bond acceptors (Lipinski definition) is 3. The van der Waals surface area contributed by atoms with E-state index in [9.17, 15) is 0 Å². The molecule has 1 heterocycles. The number of thioether (sulfide) groups is 1. The average molecular weight is 335 g/mol. The Kier molecular flexibility index (Phi) is 6.78. The molecule has 0 amide bonds. The van der Waals surface area contributed by atoms with Gasteiger partial charge in [0, 0.05) is 44.5 Å². The molecule has 0 spiro atoms. The van der Waals surface area contributed by atoms with Gasteiger partial charge in [0.1, 0.15) is 0 Å². The number of fused-ring (bicyclic) bond motifs is 1. The van der Waals surface area contributed by atoms with E-state index in [1.165, 1.54) is 11.1 Å². The molecule has 0 fully saturated rings. The SMILES string of the molecule is CN=C(NCCSC)NCC(C)(C)N1CCc2ccccc2C1. The fraction of sp³-hybridized carbons (Fsp3) is 0.611. The molecule has 1 aliphatic heterocycles. The quantitative estimate of drug-likeness (QED) is 0.476. The van der Waals surface area contributed by atoms with Gasteiger partial charge in [0.15, 0.2) is 5.96 Å². The van der Waals surface area contributed by atoms with E-state index < -0.39 is 0 Å². The minimum atomic E-state index is 0.0880. The zero-order valence-corrected chi connectivity index (χ0v) is 15.7. The Hall–Kier alpha value is -1.20. The Balaban J connectivity index is 1.89. The number of guanidine groups is 1. The van der Waals surface area contributed by atoms with E-state index in [0.717, 1.165) is 44.3 Å². The molecule has 0 aliphatic carbocycles. The molecular weight excluding hydrogens is 304 g/mol. The first-order chi connectivity index (χ1) is 11.1. The summed E-state index contributed by atoms with van der Waals surface area (Å²) in [5, 5.41) is 6.84. The summed E-state index contributed by atoms with van der Waals surface area (Å²) in [6.45, 7) is 8.59. The van der Waals surface area contributed by atoms with Crippen molar-refractivity contribution in [3.8, 4) is 0 Å². The van der Waals surface area contributed by atoms with E-state index in [0.29, 0.717) is 0 Å². The predicted molar refractivity (Wildman–Crippen MR) is 102 cm³/mol. The third kappa shape index (κ3) is 5.15. The van der Waals surface area contributed by atoms with Crippen LogP contribution in [0, 0.1) is 0 Å². The molecule has 5 heteroatoms. The van der Waals surface area contributed by atoms with Crippen LogP contribution in [0.4, 0.5) is 0 Å². The molecule has 2 rings (SSSR count). The van der Waals surface area contributed by atoms with Crippen LogP contribution in [0.15, 0.2) is 29.3 Å². The van der Waals surface area contributed by atoms with Crippen molar-refractivity contribution >= 4 is 17.7 Å². The molecule has 0 aromatic heterocycles. The van der Waals surface area contributed by atoms with Gasteiger partial charge >= 0.3 is 0 Å². The maximum absolute atomic E-state index is 4.31. The minimum Gasteiger partial charge on any atom is -0.356 e. The number of nitrogens with one attached hydrogen (secondary N) is 2. The van der Waals surface area contributed by atoms with Gasteiger partial charge in [0.05, 0.1) is 0 Å². The fourth-order valence-corrected chi connectivity index (χ4v) is 3.22. The second kappa shape index (κ2) is 8.60. The molecule has 0 radical (unpaired) electrons. The van der Waals surface area contributed by atoms with Gasteiger partial charge < -0.3 is 10.6 Å². The lowest BCUT2D eigenvalue weighted by Gasteiger charge is -2.42. The van der Waals surface area contributed by atoms with Crippen molar-refractivity contribution in [1.82, 2.24) is 15.5 Å². The number of rotatable bonds is 6. The van der Waals surface area contributed by atoms with Crippen LogP contribution in [0.5, 0.6) is 0 Å². The molecule has 0 atom stereocenters. The number of aliphatic imine (C=N–C) groups is 1. The van der Waals surface area contributed by atoms with E-state index in [1.54, 1.807) is 0 Å². The first-order valence-corrected chi connectivity index (χ1v) is 9.71. The minimum absolute atomic E-state index is 0.0880. The summed E-state index contributed by atoms with van der Waals surface area (Å²) < 4.78 is 0. The van der Waals surface area contributed by atoms with Crippen molar-refractivity contribution in [3.63, 3.8) is 0 Å². The van der Waals surface area contributed by atoms with Crippen LogP contribution in [-0.4, -0.2) is 55.1 Å². The third-order valence-electron chi connectivity index (χ3n) is 4.50. The molecule has 0 saturated carbocycles. The van der Waals surface area contributed by atoms with E-state index in [4.69, 9.17) is 0 Å². The molecule has 2 N–H and O–H groups in total. The molecule has 0 bridgehead atoms. The van der Waals surface area contributed by atoms with E-state index in [-0.39, 0.29) is 5.54 Å². The highest BCUT2D eigenvalue weighted by Crippen LogP contribution is 2.24. The lowest BCUT2D eigenvalue weighted by atomic mass is 9.94. The molecule has 1 aromatic carbocycles. The molecule has 4 nitrogen and oxygen atoms in total. The van der Waals surface area contributed by atoms with Crippen molar-refractivity contribution in [1.29, 1.82) is 0 Å². The molecular formula is C18H30N4S. The normalized spacial score (nSPS) is 16.1. The summed E-state index contributed by atoms with van der Waals surface area (Å²) in [5.74, 6) is 1.98. The lowest BCUT2D eigenvalue weighted by molar-refractivity contribution is 0.107. The number of benzene rings is 1. The van der Waals surface area contributed by atoms with Gasteiger partial charge in [0.2, 0.25) is 0 Å². The van der Waals surface area contributed by atoms with Crippen molar-refractivity contribution in [2.45, 2.75) is 32.4 Å². The lowest BCUT2D eigenvalue weighted by Crippen LogP contribution is -2.54. The highest BCUT2D eigenvalue weighted by molar-refractivity contribution is 7.98. The predicted octanol–water partition coefficient (Wildman–Crippen LogP) is 2.35. The maximum Gasteiger partial charge on any atom is 0.191 e. The van der Waals surface area contributed by atoms with Gasteiger partial charge in [-0.15, -0.1) is 0 Å². The second-order valence-corrected chi connectivity index (χ2v) is 7.58. The highest BCUT2D eigenvalue weighted by atomic mass is 32.2. The highest BCUT2D eigenvalue weighted by Gasteiger charge is 2.29. The van der Waals surface area contributed by atoms with Crippen LogP contribution < -0.4 is 10.6 Å². The Morgan fingerprint density at radius 3 is 2.70 bits per heavy atom. The monoisotopic (exact) mass is 334 g/mol. The Morgan fingerprint density at radius 1 is 1.26 bits per heavy atom. The molecule has 1 aromatic rings. The van der Waals surface area contributed by atoms with Gasteiger partial charge in [-0.3, -0.25) is 9.89 Å². The topological polar surface area (TPSA) is 39.7 Å². The summed E-state index contributed by atoms with van der Waals surface area (Å²) in [6, 6.07) is 8.81. The first-order valence-electron chi connectivity index (χ1n) is 8.32. The summed E-state index contributed by atoms with van der Waals surface area (Å²) in [7, 11) is 1.83. The van der Waals surface area contributed by atoms with Crippen molar-refractivity contribution < 1.29 is 0 Å². The van der Waals surface area contributed by atoms with E-state index in [1.807, 2.05) is 18.8 Å². The third-order valence-corrected chi connectivity index (χ3v) is 5.11. The van der Waals surface area contributed by atoms with Crippen LogP contribution in [0.25, 0.3) is 0 Å². The second-order valence-electron chi connectivity index (χ2n) is 6.60. The van der Waals surface area contributed by atoms with E-state index in [2.05, 4.69) is 64.9 Å². The zero-order chi connectivity index (χ0) is 16.7. The summed E-state index contributed by atoms with van der Waals surface area (Å²) in [4.78, 5) is 6.88. The van der Waals surface area contributed by atoms with E-state index >= 15 is 0 Å². The number of hydrogen-bond donors (Lipinski definition) is 2. The molecule has 128 valence electrons. The molecule has 0 unspecified atom stereocenters. The van der Waals surface area contributed by atoms with Crippen LogP contribution in [0.3, 0.4) is 0 Å². The standard InChI is InChI=1S/C18H30N4S/c1-18(2,14-21-17(19-3)20-10-12-23-4)22-11-9-15-7-5-6-8-16(15)13-22/h5-8H,9-14H2,1-4H3,(H2,19,20,21). The van der Waals surface area contributed by atoms with Gasteiger partial charge in [-0.1, -0.05) is 24.3 Å². The van der Waals surface area contributed by atoms with Crippen LogP contribution >= 0.6 is 11.8 Å². The van der Waals surface area contributed by atoms with Crippen LogP contribution in [0.1, 0.15) is 25.0 Å². The fourth-order valence-electron chi connectivity index (χ4n) is 2.92. The number of nitrogens with zero attached hydrogens (tertiary/aromatic N) is 2.